The number of hydrogen-bond donors (Lipinski definition) is 1. The van der Waals surface area contributed by atoms with Crippen molar-refractivity contribution >= 4 is 17.2 Å². The van der Waals surface area contributed by atoms with Gasteiger partial charge < -0.3 is 15.0 Å². The maximum atomic E-state index is 12.5. The van der Waals surface area contributed by atoms with E-state index in [2.05, 4.69) is 34.3 Å². The van der Waals surface area contributed by atoms with Gasteiger partial charge in [0.25, 0.3) is 0 Å². The van der Waals surface area contributed by atoms with Crippen molar-refractivity contribution in [3.05, 3.63) is 16.1 Å². The molecule has 6 nitrogen and oxygen atoms in total. The van der Waals surface area contributed by atoms with Crippen LogP contribution in [0.2, 0.25) is 0 Å². The summed E-state index contributed by atoms with van der Waals surface area (Å²) in [6.07, 6.45) is 6.90. The quantitative estimate of drug-likeness (QED) is 0.714. The number of hydrogen-bond acceptors (Lipinski definition) is 6. The second-order valence-electron chi connectivity index (χ2n) is 9.52. The second kappa shape index (κ2) is 10.5. The van der Waals surface area contributed by atoms with Crippen LogP contribution < -0.4 is 5.32 Å². The van der Waals surface area contributed by atoms with Crippen molar-refractivity contribution < 1.29 is 9.53 Å². The normalized spacial score (nSPS) is 25.2. The van der Waals surface area contributed by atoms with Crippen LogP contribution in [0.3, 0.4) is 0 Å². The van der Waals surface area contributed by atoms with Gasteiger partial charge in [-0.25, -0.2) is 4.98 Å². The van der Waals surface area contributed by atoms with Crippen molar-refractivity contribution in [3.63, 3.8) is 0 Å². The highest BCUT2D eigenvalue weighted by molar-refractivity contribution is 7.09. The Bertz CT molecular complexity index is 672. The van der Waals surface area contributed by atoms with Crippen molar-refractivity contribution in [2.24, 2.45) is 5.92 Å². The van der Waals surface area contributed by atoms with E-state index >= 15 is 0 Å². The van der Waals surface area contributed by atoms with Gasteiger partial charge in [0.2, 0.25) is 5.91 Å². The fourth-order valence-corrected chi connectivity index (χ4v) is 5.98. The summed E-state index contributed by atoms with van der Waals surface area (Å²) in [6, 6.07) is 0.680. The third kappa shape index (κ3) is 5.81. The number of nitrogens with one attached hydrogen (secondary N) is 1. The average molecular weight is 435 g/mol. The van der Waals surface area contributed by atoms with Crippen LogP contribution in [0.25, 0.3) is 0 Å². The van der Waals surface area contributed by atoms with Gasteiger partial charge in [-0.15, -0.1) is 11.3 Å². The van der Waals surface area contributed by atoms with Gasteiger partial charge in [-0.05, 0) is 57.5 Å². The molecule has 0 bridgehead atoms. The smallest absolute Gasteiger partial charge is 0.223 e. The molecule has 3 fully saturated rings. The first-order valence-electron chi connectivity index (χ1n) is 11.9. The minimum absolute atomic E-state index is 0.183. The maximum absolute atomic E-state index is 12.5. The molecular weight excluding hydrogens is 396 g/mol. The van der Waals surface area contributed by atoms with Gasteiger partial charge in [-0.3, -0.25) is 9.69 Å². The summed E-state index contributed by atoms with van der Waals surface area (Å²) in [6.45, 7) is 11.4. The molecule has 3 saturated heterocycles. The predicted molar refractivity (Wildman–Crippen MR) is 121 cm³/mol. The van der Waals surface area contributed by atoms with E-state index < -0.39 is 0 Å². The van der Waals surface area contributed by atoms with E-state index in [1.807, 2.05) is 0 Å². The van der Waals surface area contributed by atoms with Crippen molar-refractivity contribution in [3.8, 4) is 0 Å². The van der Waals surface area contributed by atoms with E-state index in [9.17, 15) is 4.79 Å². The molecule has 0 saturated carbocycles. The fraction of sp³-hybridized carbons (Fsp3) is 0.826. The highest BCUT2D eigenvalue weighted by Crippen LogP contribution is 2.26. The molecule has 3 aliphatic heterocycles. The molecule has 0 unspecified atom stereocenters. The van der Waals surface area contributed by atoms with Crippen LogP contribution in [0.5, 0.6) is 0 Å². The molecule has 1 N–H and O–H groups in total. The van der Waals surface area contributed by atoms with E-state index in [1.54, 1.807) is 11.3 Å². The van der Waals surface area contributed by atoms with E-state index in [1.165, 1.54) is 23.5 Å². The summed E-state index contributed by atoms with van der Waals surface area (Å²) in [5, 5.41) is 6.60. The Morgan fingerprint density at radius 2 is 1.97 bits per heavy atom. The highest BCUT2D eigenvalue weighted by Gasteiger charge is 2.31. The highest BCUT2D eigenvalue weighted by atomic mass is 32.1. The molecular formula is C23H38N4O2S. The lowest BCUT2D eigenvalue weighted by Crippen LogP contribution is -2.49. The molecule has 0 aromatic carbocycles. The Kier molecular flexibility index (Phi) is 7.79. The largest absolute Gasteiger partial charge is 0.376 e. The molecule has 4 heterocycles. The number of likely N-dealkylation sites (tertiary alicyclic amines) is 2. The lowest BCUT2D eigenvalue weighted by Gasteiger charge is -2.41. The van der Waals surface area contributed by atoms with Crippen LogP contribution in [0, 0.1) is 5.92 Å². The molecule has 30 heavy (non-hydrogen) atoms. The molecule has 0 radical (unpaired) electrons. The summed E-state index contributed by atoms with van der Waals surface area (Å²) < 4.78 is 5.61. The Balaban J connectivity index is 1.15. The van der Waals surface area contributed by atoms with E-state index in [0.717, 1.165) is 65.0 Å². The lowest BCUT2D eigenvalue weighted by molar-refractivity contribution is -0.127. The van der Waals surface area contributed by atoms with Crippen molar-refractivity contribution in [2.75, 3.05) is 39.3 Å². The molecule has 0 spiro atoms. The molecule has 7 heteroatoms. The number of amides is 1. The van der Waals surface area contributed by atoms with Crippen LogP contribution >= 0.6 is 11.3 Å². The van der Waals surface area contributed by atoms with Crippen LogP contribution in [0.1, 0.15) is 69.0 Å². The Labute approximate surface area is 185 Å². The molecule has 3 aliphatic rings. The van der Waals surface area contributed by atoms with Crippen LogP contribution in [0.15, 0.2) is 5.38 Å². The predicted octanol–water partition coefficient (Wildman–Crippen LogP) is 3.24. The molecule has 4 rings (SSSR count). The molecule has 1 aromatic heterocycles. The third-order valence-electron chi connectivity index (χ3n) is 7.02. The standard InChI is InChI=1S/C23H38N4O2S/c1-17(2)21-16-30-22(25-21)15-26-9-7-19(8-10-26)27-11-5-18(6-12-27)23(28)24-14-20-4-3-13-29-20/h16-20H,3-15H2,1-2H3,(H,24,28)/t20-/m0/s1. The van der Waals surface area contributed by atoms with Gasteiger partial charge in [0.15, 0.2) is 0 Å². The minimum Gasteiger partial charge on any atom is -0.376 e. The van der Waals surface area contributed by atoms with Crippen molar-refractivity contribution in [2.45, 2.75) is 77.0 Å². The second-order valence-corrected chi connectivity index (χ2v) is 10.5. The van der Waals surface area contributed by atoms with Gasteiger partial charge in [0.1, 0.15) is 5.01 Å². The Hall–Kier alpha value is -1.02. The van der Waals surface area contributed by atoms with E-state index in [-0.39, 0.29) is 17.9 Å². The number of nitrogens with zero attached hydrogens (tertiary/aromatic N) is 3. The molecule has 1 aromatic rings. The Morgan fingerprint density at radius 1 is 1.20 bits per heavy atom. The summed E-state index contributed by atoms with van der Waals surface area (Å²) in [4.78, 5) is 22.5. The van der Waals surface area contributed by atoms with Crippen LogP contribution in [-0.4, -0.2) is 72.2 Å². The van der Waals surface area contributed by atoms with E-state index in [0.29, 0.717) is 18.5 Å². The van der Waals surface area contributed by atoms with Gasteiger partial charge in [-0.1, -0.05) is 13.8 Å². The van der Waals surface area contributed by atoms with Crippen LogP contribution in [-0.2, 0) is 16.1 Å². The Morgan fingerprint density at radius 3 is 2.60 bits per heavy atom. The third-order valence-corrected chi connectivity index (χ3v) is 7.87. The van der Waals surface area contributed by atoms with Crippen LogP contribution in [0.4, 0.5) is 0 Å². The average Bonchev–Trinajstić information content (AvgIpc) is 3.45. The number of ether oxygens (including phenoxy) is 1. The number of piperidine rings is 2. The number of rotatable bonds is 7. The van der Waals surface area contributed by atoms with Crippen molar-refractivity contribution in [1.82, 2.24) is 20.1 Å². The fourth-order valence-electron chi connectivity index (χ4n) is 4.99. The molecule has 1 amide bonds. The number of carbonyl (C=O) groups excluding carboxylic acids is 1. The molecule has 168 valence electrons. The van der Waals surface area contributed by atoms with Gasteiger partial charge >= 0.3 is 0 Å². The summed E-state index contributed by atoms with van der Waals surface area (Å²) in [5.41, 5.74) is 1.23. The zero-order valence-corrected chi connectivity index (χ0v) is 19.5. The van der Waals surface area contributed by atoms with E-state index in [4.69, 9.17) is 9.72 Å². The SMILES string of the molecule is CC(C)c1csc(CN2CCC(N3CCC(C(=O)NC[C@@H]4CCCO4)CC3)CC2)n1. The molecule has 0 aliphatic carbocycles. The van der Waals surface area contributed by atoms with Gasteiger partial charge in [0, 0.05) is 43.6 Å². The molecule has 1 atom stereocenters. The monoisotopic (exact) mass is 434 g/mol. The lowest BCUT2D eigenvalue weighted by atomic mass is 9.92. The zero-order valence-electron chi connectivity index (χ0n) is 18.6. The number of aromatic nitrogens is 1. The number of carbonyl (C=O) groups is 1. The first-order valence-corrected chi connectivity index (χ1v) is 12.8. The number of thiazole rings is 1. The van der Waals surface area contributed by atoms with Crippen molar-refractivity contribution in [1.29, 1.82) is 0 Å². The summed E-state index contributed by atoms with van der Waals surface area (Å²) >= 11 is 1.81. The summed E-state index contributed by atoms with van der Waals surface area (Å²) in [5.74, 6) is 0.939. The summed E-state index contributed by atoms with van der Waals surface area (Å²) in [7, 11) is 0. The zero-order chi connectivity index (χ0) is 20.9. The maximum Gasteiger partial charge on any atom is 0.223 e. The van der Waals surface area contributed by atoms with Gasteiger partial charge in [0.05, 0.1) is 18.3 Å². The topological polar surface area (TPSA) is 57.7 Å². The van der Waals surface area contributed by atoms with Gasteiger partial charge in [-0.2, -0.15) is 0 Å². The first kappa shape index (κ1) is 22.2. The minimum atomic E-state index is 0.183. The first-order chi connectivity index (χ1) is 14.6.